The minimum atomic E-state index is -0.546. The van der Waals surface area contributed by atoms with E-state index in [0.29, 0.717) is 58.6 Å². The summed E-state index contributed by atoms with van der Waals surface area (Å²) in [4.78, 5) is 35.1. The van der Waals surface area contributed by atoms with E-state index in [0.717, 1.165) is 0 Å². The highest BCUT2D eigenvalue weighted by atomic mass is 79.9. The Morgan fingerprint density at radius 1 is 1.13 bits per heavy atom. The van der Waals surface area contributed by atoms with E-state index < -0.39 is 5.60 Å². The van der Waals surface area contributed by atoms with Crippen molar-refractivity contribution in [1.29, 1.82) is 0 Å². The number of amides is 2. The lowest BCUT2D eigenvalue weighted by atomic mass is 10.2. The van der Waals surface area contributed by atoms with E-state index in [4.69, 9.17) is 18.4 Å². The molecule has 0 spiro atoms. The maximum absolute atomic E-state index is 12.3. The van der Waals surface area contributed by atoms with Gasteiger partial charge in [-0.05, 0) is 79.2 Å². The van der Waals surface area contributed by atoms with E-state index in [-0.39, 0.29) is 23.9 Å². The summed E-state index contributed by atoms with van der Waals surface area (Å²) in [5.74, 6) is 1.02. The number of anilines is 1. The first-order chi connectivity index (χ1) is 18.6. The van der Waals surface area contributed by atoms with Gasteiger partial charge in [0, 0.05) is 36.5 Å². The molecular weight excluding hydrogens is 570 g/mol. The minimum absolute atomic E-state index is 0.165. The predicted molar refractivity (Wildman–Crippen MR) is 144 cm³/mol. The van der Waals surface area contributed by atoms with Crippen LogP contribution < -0.4 is 10.1 Å². The van der Waals surface area contributed by atoms with E-state index >= 15 is 0 Å². The number of benzene rings is 1. The molecule has 0 saturated carbocycles. The molecular formula is C27H26BrN5O6. The molecule has 0 bridgehead atoms. The number of likely N-dealkylation sites (tertiary alicyclic amines) is 1. The summed E-state index contributed by atoms with van der Waals surface area (Å²) in [5, 5.41) is 6.82. The maximum atomic E-state index is 12.3. The van der Waals surface area contributed by atoms with Crippen LogP contribution in [0.4, 0.5) is 10.5 Å². The number of carbonyl (C=O) groups is 2. The smallest absolute Gasteiger partial charge is 0.410 e. The Morgan fingerprint density at radius 2 is 1.92 bits per heavy atom. The first-order valence-corrected chi connectivity index (χ1v) is 13.0. The molecule has 1 saturated heterocycles. The number of ether oxygens (including phenoxy) is 2. The molecule has 202 valence electrons. The second-order valence-electron chi connectivity index (χ2n) is 9.89. The third kappa shape index (κ3) is 6.63. The van der Waals surface area contributed by atoms with Crippen LogP contribution in [0, 0.1) is 0 Å². The van der Waals surface area contributed by atoms with Crippen LogP contribution in [-0.4, -0.2) is 56.8 Å². The van der Waals surface area contributed by atoms with Crippen molar-refractivity contribution in [3.05, 3.63) is 65.2 Å². The molecule has 1 aliphatic heterocycles. The lowest BCUT2D eigenvalue weighted by molar-refractivity contribution is 0.0275. The molecule has 0 radical (unpaired) electrons. The van der Waals surface area contributed by atoms with Crippen molar-refractivity contribution in [3.8, 4) is 28.7 Å². The van der Waals surface area contributed by atoms with Gasteiger partial charge in [0.1, 0.15) is 23.1 Å². The number of pyridine rings is 1. The second kappa shape index (κ2) is 10.9. The zero-order valence-corrected chi connectivity index (χ0v) is 23.1. The van der Waals surface area contributed by atoms with Gasteiger partial charge in [-0.2, -0.15) is 4.98 Å². The van der Waals surface area contributed by atoms with Gasteiger partial charge >= 0.3 is 6.09 Å². The summed E-state index contributed by atoms with van der Waals surface area (Å²) in [6.45, 7) is 6.53. The first-order valence-electron chi connectivity index (χ1n) is 12.2. The van der Waals surface area contributed by atoms with Crippen LogP contribution >= 0.6 is 15.9 Å². The van der Waals surface area contributed by atoms with Crippen LogP contribution in [0.5, 0.6) is 5.75 Å². The van der Waals surface area contributed by atoms with E-state index in [1.54, 1.807) is 59.6 Å². The molecule has 1 aliphatic rings. The number of nitrogens with zero attached hydrogens (tertiary/aromatic N) is 4. The van der Waals surface area contributed by atoms with Gasteiger partial charge in [0.25, 0.3) is 11.8 Å². The molecule has 4 aromatic rings. The molecule has 1 N–H and O–H groups in total. The van der Waals surface area contributed by atoms with E-state index in [2.05, 4.69) is 36.4 Å². The highest BCUT2D eigenvalue weighted by Gasteiger charge is 2.31. The molecule has 0 aliphatic carbocycles. The number of hydrogen-bond acceptors (Lipinski definition) is 9. The Labute approximate surface area is 232 Å². The third-order valence-corrected chi connectivity index (χ3v) is 6.10. The van der Waals surface area contributed by atoms with Gasteiger partial charge in [-0.1, -0.05) is 5.16 Å². The summed E-state index contributed by atoms with van der Waals surface area (Å²) >= 11 is 3.18. The van der Waals surface area contributed by atoms with Crippen LogP contribution in [0.25, 0.3) is 23.0 Å². The summed E-state index contributed by atoms with van der Waals surface area (Å²) in [6.07, 6.45) is 1.79. The van der Waals surface area contributed by atoms with Crippen molar-refractivity contribution in [3.63, 3.8) is 0 Å². The van der Waals surface area contributed by atoms with Gasteiger partial charge in [-0.25, -0.2) is 4.79 Å². The molecule has 39 heavy (non-hydrogen) atoms. The average Bonchev–Trinajstić information content (AvgIpc) is 3.65. The Kier molecular flexibility index (Phi) is 7.38. The fourth-order valence-corrected chi connectivity index (χ4v) is 4.19. The van der Waals surface area contributed by atoms with Crippen LogP contribution in [0.15, 0.2) is 68.3 Å². The second-order valence-corrected chi connectivity index (χ2v) is 10.7. The number of rotatable bonds is 6. The number of hydrogen-bond donors (Lipinski definition) is 1. The van der Waals surface area contributed by atoms with Crippen LogP contribution in [-0.2, 0) is 4.74 Å². The predicted octanol–water partition coefficient (Wildman–Crippen LogP) is 5.79. The minimum Gasteiger partial charge on any atom is -0.488 e. The highest BCUT2D eigenvalue weighted by Crippen LogP contribution is 2.26. The van der Waals surface area contributed by atoms with E-state index in [1.165, 1.54) is 0 Å². The Balaban J connectivity index is 1.20. The van der Waals surface area contributed by atoms with Crippen LogP contribution in [0.1, 0.15) is 37.7 Å². The monoisotopic (exact) mass is 595 g/mol. The summed E-state index contributed by atoms with van der Waals surface area (Å²) < 4.78 is 22.7. The third-order valence-electron chi connectivity index (χ3n) is 5.67. The van der Waals surface area contributed by atoms with Gasteiger partial charge in [0.2, 0.25) is 5.82 Å². The fourth-order valence-electron chi connectivity index (χ4n) is 3.89. The maximum Gasteiger partial charge on any atom is 0.410 e. The lowest BCUT2D eigenvalue weighted by Crippen LogP contribution is -2.36. The summed E-state index contributed by atoms with van der Waals surface area (Å²) in [5.41, 5.74) is 1.20. The largest absolute Gasteiger partial charge is 0.488 e. The number of furan rings is 1. The molecule has 1 aromatic carbocycles. The van der Waals surface area contributed by atoms with Gasteiger partial charge in [0.05, 0.1) is 6.54 Å². The summed E-state index contributed by atoms with van der Waals surface area (Å²) in [6, 6.07) is 13.7. The molecule has 4 heterocycles. The van der Waals surface area contributed by atoms with Crippen molar-refractivity contribution in [2.24, 2.45) is 0 Å². The van der Waals surface area contributed by atoms with Gasteiger partial charge in [-0.3, -0.25) is 9.78 Å². The topological polar surface area (TPSA) is 133 Å². The summed E-state index contributed by atoms with van der Waals surface area (Å²) in [7, 11) is 0. The Morgan fingerprint density at radius 3 is 2.64 bits per heavy atom. The van der Waals surface area contributed by atoms with E-state index in [9.17, 15) is 9.59 Å². The Bertz CT molecular complexity index is 1480. The van der Waals surface area contributed by atoms with Crippen molar-refractivity contribution < 1.29 is 28.0 Å². The van der Waals surface area contributed by atoms with Crippen molar-refractivity contribution >= 4 is 33.6 Å². The van der Waals surface area contributed by atoms with Gasteiger partial charge < -0.3 is 28.6 Å². The SMILES string of the molecule is CC(C)(C)OC(=O)N1CCC(Oc2ccnc(-c3noc(-c4ccc(NC(=O)c5ccc(Br)o5)cc4)n3)c2)C1. The molecule has 12 heteroatoms. The molecule has 3 aromatic heterocycles. The molecule has 1 atom stereocenters. The molecule has 11 nitrogen and oxygen atoms in total. The number of aromatic nitrogens is 3. The normalized spacial score (nSPS) is 15.3. The Hall–Kier alpha value is -4.19. The molecule has 2 amide bonds. The number of halogens is 1. The lowest BCUT2D eigenvalue weighted by Gasteiger charge is -2.24. The number of carbonyl (C=O) groups excluding carboxylic acids is 2. The van der Waals surface area contributed by atoms with Gasteiger partial charge in [0.15, 0.2) is 10.4 Å². The van der Waals surface area contributed by atoms with Crippen molar-refractivity contribution in [1.82, 2.24) is 20.0 Å². The zero-order chi connectivity index (χ0) is 27.6. The van der Waals surface area contributed by atoms with Crippen molar-refractivity contribution in [2.45, 2.75) is 38.9 Å². The molecule has 1 fully saturated rings. The van der Waals surface area contributed by atoms with Crippen LogP contribution in [0.2, 0.25) is 0 Å². The number of nitrogens with one attached hydrogen (secondary N) is 1. The molecule has 5 rings (SSSR count). The fraction of sp³-hybridized carbons (Fsp3) is 0.296. The average molecular weight is 596 g/mol. The van der Waals surface area contributed by atoms with Gasteiger partial charge in [-0.15, -0.1) is 0 Å². The zero-order valence-electron chi connectivity index (χ0n) is 21.5. The van der Waals surface area contributed by atoms with E-state index in [1.807, 2.05) is 20.8 Å². The molecule has 1 unspecified atom stereocenters. The quantitative estimate of drug-likeness (QED) is 0.293. The highest BCUT2D eigenvalue weighted by molar-refractivity contribution is 9.10. The van der Waals surface area contributed by atoms with Crippen molar-refractivity contribution in [2.75, 3.05) is 18.4 Å². The first kappa shape index (κ1) is 26.4. The van der Waals surface area contributed by atoms with Crippen LogP contribution in [0.3, 0.4) is 0 Å². The standard InChI is InChI=1S/C27H26BrN5O6/c1-27(2,3)38-26(35)33-13-11-19(15-33)36-18-10-12-29-20(14-18)23-31-25(39-32-23)16-4-6-17(7-5-16)30-24(34)21-8-9-22(28)37-21/h4-10,12,14,19H,11,13,15H2,1-3H3,(H,30,34).